The van der Waals surface area contributed by atoms with E-state index >= 15 is 0 Å². The van der Waals surface area contributed by atoms with Crippen LogP contribution < -0.4 is 15.2 Å². The maximum atomic E-state index is 13.9. The van der Waals surface area contributed by atoms with Gasteiger partial charge in [0.25, 0.3) is 0 Å². The predicted molar refractivity (Wildman–Crippen MR) is 149 cm³/mol. The van der Waals surface area contributed by atoms with Gasteiger partial charge in [-0.1, -0.05) is 24.3 Å². The van der Waals surface area contributed by atoms with E-state index in [1.165, 1.54) is 19.1 Å². The van der Waals surface area contributed by atoms with Crippen LogP contribution in [0.3, 0.4) is 0 Å². The number of halogens is 1. The molecule has 0 spiro atoms. The minimum atomic E-state index is -1.69. The normalized spacial score (nSPS) is 27.8. The van der Waals surface area contributed by atoms with Gasteiger partial charge in [0.1, 0.15) is 23.9 Å². The lowest BCUT2D eigenvalue weighted by Gasteiger charge is -2.44. The van der Waals surface area contributed by atoms with E-state index in [1.54, 1.807) is 19.1 Å². The van der Waals surface area contributed by atoms with E-state index in [-0.39, 0.29) is 76.5 Å². The summed E-state index contributed by atoms with van der Waals surface area (Å²) in [7, 11) is 0. The van der Waals surface area contributed by atoms with Crippen molar-refractivity contribution in [2.24, 2.45) is 5.73 Å². The minimum absolute atomic E-state index is 0. The summed E-state index contributed by atoms with van der Waals surface area (Å²) in [5.74, 6) is -2.02. The molecule has 1 heterocycles. The molecule has 1 saturated heterocycles. The summed E-state index contributed by atoms with van der Waals surface area (Å²) in [6.45, 7) is 0.284. The van der Waals surface area contributed by atoms with Crippen LogP contribution in [0.1, 0.15) is 75.8 Å². The van der Waals surface area contributed by atoms with E-state index in [1.807, 2.05) is 0 Å². The third kappa shape index (κ3) is 5.57. The van der Waals surface area contributed by atoms with Crippen molar-refractivity contribution in [2.75, 3.05) is 20.4 Å². The zero-order chi connectivity index (χ0) is 30.3. The topological polar surface area (TPSA) is 204 Å². The lowest BCUT2D eigenvalue weighted by atomic mass is 9.72. The molecule has 14 heteroatoms. The lowest BCUT2D eigenvalue weighted by molar-refractivity contribution is -0.250. The van der Waals surface area contributed by atoms with Crippen LogP contribution >= 0.6 is 12.4 Å². The molecule has 0 aromatic heterocycles. The third-order valence-corrected chi connectivity index (χ3v) is 8.18. The standard InChI is InChI=1S/C29H33NO12.ClH/c1-13-24(35)18(30)7-20(41-13)42-19-9-29(14(2)34,40-12-33)8-17-21(19)28(39-11-32)23-22(27(17)38-10-31)25(36)15-5-3-4-6-16(15)26(23)37;/h3-6,13,18-20,24,31-33,35H,7-12,30H2,1-2H3;1H/t13-,18+,19?,20+,24+,29+;/m1./s1. The molecule has 2 aliphatic carbocycles. The summed E-state index contributed by atoms with van der Waals surface area (Å²) < 4.78 is 29.0. The largest absolute Gasteiger partial charge is 0.467 e. The zero-order valence-corrected chi connectivity index (χ0v) is 24.3. The van der Waals surface area contributed by atoms with Crippen LogP contribution in [0.15, 0.2) is 24.3 Å². The number of carbonyl (C=O) groups excluding carboxylic acids is 3. The number of Topliss-reactive ketones (excluding diaryl/α,β-unsaturated/α-hetero) is 1. The zero-order valence-electron chi connectivity index (χ0n) is 23.5. The summed E-state index contributed by atoms with van der Waals surface area (Å²) in [5.41, 5.74) is 4.51. The van der Waals surface area contributed by atoms with Crippen LogP contribution in [-0.4, -0.2) is 88.3 Å². The molecule has 13 nitrogen and oxygen atoms in total. The fourth-order valence-corrected chi connectivity index (χ4v) is 6.14. The Bertz CT molecular complexity index is 1400. The Morgan fingerprint density at radius 2 is 1.60 bits per heavy atom. The Labute approximate surface area is 252 Å². The molecule has 6 N–H and O–H groups in total. The molecule has 1 fully saturated rings. The fraction of sp³-hybridized carbons (Fsp3) is 0.483. The number of ketones is 3. The number of aliphatic hydroxyl groups is 4. The molecule has 43 heavy (non-hydrogen) atoms. The number of benzene rings is 2. The second-order valence-electron chi connectivity index (χ2n) is 10.5. The van der Waals surface area contributed by atoms with Crippen molar-refractivity contribution in [1.29, 1.82) is 0 Å². The highest BCUT2D eigenvalue weighted by molar-refractivity contribution is 6.30. The van der Waals surface area contributed by atoms with Crippen LogP contribution in [0.4, 0.5) is 0 Å². The third-order valence-electron chi connectivity index (χ3n) is 8.18. The van der Waals surface area contributed by atoms with Gasteiger partial charge in [0.2, 0.25) is 0 Å². The predicted octanol–water partition coefficient (Wildman–Crippen LogP) is 0.662. The number of aliphatic hydroxyl groups excluding tert-OH is 4. The number of carbonyl (C=O) groups is 3. The highest BCUT2D eigenvalue weighted by Crippen LogP contribution is 2.53. The Morgan fingerprint density at radius 1 is 1.02 bits per heavy atom. The Kier molecular flexibility index (Phi) is 9.91. The molecule has 0 radical (unpaired) electrons. The van der Waals surface area contributed by atoms with Gasteiger partial charge in [0, 0.05) is 47.6 Å². The number of hydrogen-bond acceptors (Lipinski definition) is 13. The molecule has 2 aromatic rings. The smallest absolute Gasteiger partial charge is 0.198 e. The molecule has 234 valence electrons. The summed E-state index contributed by atoms with van der Waals surface area (Å²) in [4.78, 5) is 40.8. The molecule has 5 rings (SSSR count). The summed E-state index contributed by atoms with van der Waals surface area (Å²) in [6.07, 6.45) is -4.19. The van der Waals surface area contributed by atoms with Crippen LogP contribution in [-0.2, 0) is 25.4 Å². The molecule has 0 saturated carbocycles. The first kappa shape index (κ1) is 32.9. The quantitative estimate of drug-likeness (QED) is 0.208. The Hall–Kier alpha value is -2.98. The maximum Gasteiger partial charge on any atom is 0.198 e. The molecular formula is C29H34ClNO12. The first-order valence-corrected chi connectivity index (χ1v) is 13.5. The number of rotatable bonds is 9. The van der Waals surface area contributed by atoms with E-state index in [0.717, 1.165) is 0 Å². The summed E-state index contributed by atoms with van der Waals surface area (Å²) in [6, 6.07) is 5.46. The molecule has 1 aliphatic heterocycles. The monoisotopic (exact) mass is 623 g/mol. The van der Waals surface area contributed by atoms with Crippen molar-refractivity contribution >= 4 is 29.8 Å². The highest BCUT2D eigenvalue weighted by atomic mass is 35.5. The summed E-state index contributed by atoms with van der Waals surface area (Å²) >= 11 is 0. The van der Waals surface area contributed by atoms with Gasteiger partial charge in [0.05, 0.1) is 29.4 Å². The van der Waals surface area contributed by atoms with Crippen LogP contribution in [0, 0.1) is 0 Å². The summed E-state index contributed by atoms with van der Waals surface area (Å²) in [5, 5.41) is 39.8. The minimum Gasteiger partial charge on any atom is -0.467 e. The molecule has 1 unspecified atom stereocenters. The van der Waals surface area contributed by atoms with Gasteiger partial charge in [0.15, 0.2) is 37.2 Å². The number of fused-ring (bicyclic) bond motifs is 3. The molecular weight excluding hydrogens is 590 g/mol. The highest BCUT2D eigenvalue weighted by Gasteiger charge is 2.51. The maximum absolute atomic E-state index is 13.9. The van der Waals surface area contributed by atoms with E-state index in [0.29, 0.717) is 0 Å². The first-order chi connectivity index (χ1) is 20.1. The van der Waals surface area contributed by atoms with Gasteiger partial charge in [-0.25, -0.2) is 0 Å². The SMILES string of the molecule is CC(=O)[C@]1(OCO)Cc2c(OCO)c3c(c(OCO)c2C(O[C@H]2C[C@H](N)[C@@H](O)[C@@H](C)O2)C1)C(=O)c1ccccc1C3=O.Cl. The van der Waals surface area contributed by atoms with Crippen LogP contribution in [0.2, 0.25) is 0 Å². The number of hydrogen-bond donors (Lipinski definition) is 5. The van der Waals surface area contributed by atoms with Crippen molar-refractivity contribution in [3.63, 3.8) is 0 Å². The van der Waals surface area contributed by atoms with E-state index < -0.39 is 74.0 Å². The number of nitrogens with two attached hydrogens (primary N) is 1. The van der Waals surface area contributed by atoms with E-state index in [2.05, 4.69) is 0 Å². The van der Waals surface area contributed by atoms with E-state index in [9.17, 15) is 34.8 Å². The molecule has 2 aromatic carbocycles. The fourth-order valence-electron chi connectivity index (χ4n) is 6.14. The van der Waals surface area contributed by atoms with Crippen LogP contribution in [0.5, 0.6) is 11.5 Å². The average molecular weight is 624 g/mol. The van der Waals surface area contributed by atoms with Gasteiger partial charge in [-0.15, -0.1) is 12.4 Å². The molecule has 0 bridgehead atoms. The van der Waals surface area contributed by atoms with Crippen molar-refractivity contribution in [3.05, 3.63) is 57.6 Å². The van der Waals surface area contributed by atoms with Crippen molar-refractivity contribution in [2.45, 2.75) is 69.4 Å². The number of ether oxygens (including phenoxy) is 5. The Morgan fingerprint density at radius 3 is 2.14 bits per heavy atom. The van der Waals surface area contributed by atoms with Gasteiger partial charge in [-0.3, -0.25) is 14.4 Å². The lowest BCUT2D eigenvalue weighted by Crippen LogP contribution is -2.53. The second-order valence-corrected chi connectivity index (χ2v) is 10.5. The molecule has 6 atom stereocenters. The van der Waals surface area contributed by atoms with E-state index in [4.69, 9.17) is 29.4 Å². The van der Waals surface area contributed by atoms with Gasteiger partial charge < -0.3 is 49.8 Å². The molecule has 0 amide bonds. The van der Waals surface area contributed by atoms with Gasteiger partial charge in [-0.2, -0.15) is 0 Å². The van der Waals surface area contributed by atoms with Gasteiger partial charge in [-0.05, 0) is 13.8 Å². The van der Waals surface area contributed by atoms with Crippen molar-refractivity contribution in [3.8, 4) is 11.5 Å². The van der Waals surface area contributed by atoms with Crippen molar-refractivity contribution < 1.29 is 58.5 Å². The van der Waals surface area contributed by atoms with Crippen molar-refractivity contribution in [1.82, 2.24) is 0 Å². The second kappa shape index (κ2) is 12.9. The first-order valence-electron chi connectivity index (χ1n) is 13.5. The Balaban J connectivity index is 0.00000423. The van der Waals surface area contributed by atoms with Crippen LogP contribution in [0.25, 0.3) is 0 Å². The molecule has 3 aliphatic rings. The van der Waals surface area contributed by atoms with Gasteiger partial charge >= 0.3 is 0 Å². The average Bonchev–Trinajstić information content (AvgIpc) is 2.95.